The maximum absolute atomic E-state index is 12.6. The summed E-state index contributed by atoms with van der Waals surface area (Å²) in [4.78, 5) is 16.9. The third-order valence-corrected chi connectivity index (χ3v) is 3.84. The molecule has 3 nitrogen and oxygen atoms in total. The highest BCUT2D eigenvalue weighted by atomic mass is 35.5. The minimum atomic E-state index is -0.249. The number of aryl methyl sites for hydroxylation is 1. The second-order valence-electron chi connectivity index (χ2n) is 4.42. The Balaban J connectivity index is 2.21. The number of hydrogen-bond acceptors (Lipinski definition) is 2. The van der Waals surface area contributed by atoms with Crippen LogP contribution in [0.25, 0.3) is 10.9 Å². The van der Waals surface area contributed by atoms with Gasteiger partial charge in [0, 0.05) is 23.5 Å². The molecule has 3 rings (SSSR count). The fourth-order valence-corrected chi connectivity index (χ4v) is 2.77. The molecule has 2 heterocycles. The standard InChI is InChI=1S/C15H10Cl2N2O/c1-9-10-6-8-19(13(10)5-7-18-9)15(20)14-11(16)3-2-4-12(14)17/h2-8H,1H3. The fourth-order valence-electron chi connectivity index (χ4n) is 2.21. The van der Waals surface area contributed by atoms with Gasteiger partial charge in [-0.2, -0.15) is 0 Å². The summed E-state index contributed by atoms with van der Waals surface area (Å²) in [7, 11) is 0. The van der Waals surface area contributed by atoms with Gasteiger partial charge in [-0.15, -0.1) is 0 Å². The molecular formula is C15H10Cl2N2O. The third-order valence-electron chi connectivity index (χ3n) is 3.21. The second kappa shape index (κ2) is 4.93. The van der Waals surface area contributed by atoms with Crippen molar-refractivity contribution in [3.8, 4) is 0 Å². The van der Waals surface area contributed by atoms with E-state index in [4.69, 9.17) is 23.2 Å². The van der Waals surface area contributed by atoms with Crippen LogP contribution in [0.4, 0.5) is 0 Å². The van der Waals surface area contributed by atoms with Crippen LogP contribution in [0, 0.1) is 6.92 Å². The summed E-state index contributed by atoms with van der Waals surface area (Å²) in [5.74, 6) is -0.249. The fraction of sp³-hybridized carbons (Fsp3) is 0.0667. The highest BCUT2D eigenvalue weighted by molar-refractivity contribution is 6.39. The van der Waals surface area contributed by atoms with Gasteiger partial charge in [-0.1, -0.05) is 29.3 Å². The molecule has 0 bridgehead atoms. The Hall–Kier alpha value is -1.84. The number of aromatic nitrogens is 2. The van der Waals surface area contributed by atoms with Crippen molar-refractivity contribution in [3.05, 3.63) is 64.0 Å². The van der Waals surface area contributed by atoms with E-state index < -0.39 is 0 Å². The van der Waals surface area contributed by atoms with Crippen LogP contribution < -0.4 is 0 Å². The van der Waals surface area contributed by atoms with E-state index in [0.717, 1.165) is 16.6 Å². The molecule has 0 fully saturated rings. The summed E-state index contributed by atoms with van der Waals surface area (Å²) in [6.07, 6.45) is 3.39. The van der Waals surface area contributed by atoms with Crippen molar-refractivity contribution >= 4 is 40.0 Å². The Bertz CT molecular complexity index is 804. The van der Waals surface area contributed by atoms with Crippen LogP contribution in [0.1, 0.15) is 16.1 Å². The van der Waals surface area contributed by atoms with Gasteiger partial charge < -0.3 is 0 Å². The number of pyridine rings is 1. The highest BCUT2D eigenvalue weighted by Crippen LogP contribution is 2.27. The van der Waals surface area contributed by atoms with Gasteiger partial charge in [-0.3, -0.25) is 14.3 Å². The molecule has 0 aliphatic rings. The quantitative estimate of drug-likeness (QED) is 0.670. The van der Waals surface area contributed by atoms with Crippen LogP contribution >= 0.6 is 23.2 Å². The van der Waals surface area contributed by atoms with E-state index in [0.29, 0.717) is 15.6 Å². The lowest BCUT2D eigenvalue weighted by Gasteiger charge is -2.08. The van der Waals surface area contributed by atoms with Crippen molar-refractivity contribution in [2.24, 2.45) is 0 Å². The van der Waals surface area contributed by atoms with E-state index in [1.807, 2.05) is 13.0 Å². The van der Waals surface area contributed by atoms with E-state index in [-0.39, 0.29) is 5.91 Å². The second-order valence-corrected chi connectivity index (χ2v) is 5.23. The van der Waals surface area contributed by atoms with Gasteiger partial charge in [-0.05, 0) is 31.2 Å². The number of benzene rings is 1. The predicted octanol–water partition coefficient (Wildman–Crippen LogP) is 4.34. The monoisotopic (exact) mass is 304 g/mol. The number of hydrogen-bond donors (Lipinski definition) is 0. The molecule has 0 N–H and O–H groups in total. The molecule has 0 saturated carbocycles. The Kier molecular flexibility index (Phi) is 3.24. The molecule has 0 radical (unpaired) electrons. The van der Waals surface area contributed by atoms with Crippen molar-refractivity contribution in [1.29, 1.82) is 0 Å². The summed E-state index contributed by atoms with van der Waals surface area (Å²) in [6, 6.07) is 8.67. The molecule has 1 aromatic carbocycles. The summed E-state index contributed by atoms with van der Waals surface area (Å²) < 4.78 is 1.54. The smallest absolute Gasteiger partial charge is 0.265 e. The van der Waals surface area contributed by atoms with Crippen LogP contribution in [-0.2, 0) is 0 Å². The highest BCUT2D eigenvalue weighted by Gasteiger charge is 2.18. The van der Waals surface area contributed by atoms with Crippen LogP contribution in [0.2, 0.25) is 10.0 Å². The third kappa shape index (κ3) is 1.99. The number of carbonyl (C=O) groups excluding carboxylic acids is 1. The lowest BCUT2D eigenvalue weighted by molar-refractivity contribution is 0.0965. The van der Waals surface area contributed by atoms with Crippen LogP contribution in [0.3, 0.4) is 0 Å². The van der Waals surface area contributed by atoms with Crippen molar-refractivity contribution < 1.29 is 4.79 Å². The van der Waals surface area contributed by atoms with Gasteiger partial charge in [-0.25, -0.2) is 0 Å². The van der Waals surface area contributed by atoms with E-state index in [1.54, 1.807) is 36.7 Å². The average molecular weight is 305 g/mol. The van der Waals surface area contributed by atoms with Gasteiger partial charge in [0.05, 0.1) is 21.1 Å². The Morgan fingerprint density at radius 1 is 1.15 bits per heavy atom. The van der Waals surface area contributed by atoms with Crippen LogP contribution in [0.5, 0.6) is 0 Å². The zero-order valence-electron chi connectivity index (χ0n) is 10.6. The number of carbonyl (C=O) groups is 1. The molecule has 3 aromatic rings. The van der Waals surface area contributed by atoms with Crippen molar-refractivity contribution in [3.63, 3.8) is 0 Å². The lowest BCUT2D eigenvalue weighted by Crippen LogP contribution is -2.12. The Labute approximate surface area is 125 Å². The molecule has 100 valence electrons. The van der Waals surface area contributed by atoms with E-state index in [2.05, 4.69) is 4.98 Å². The number of rotatable bonds is 1. The maximum atomic E-state index is 12.6. The zero-order chi connectivity index (χ0) is 14.3. The Morgan fingerprint density at radius 2 is 1.85 bits per heavy atom. The van der Waals surface area contributed by atoms with Crippen LogP contribution in [-0.4, -0.2) is 15.5 Å². The molecule has 0 unspecified atom stereocenters. The van der Waals surface area contributed by atoms with Crippen molar-refractivity contribution in [2.75, 3.05) is 0 Å². The normalized spacial score (nSPS) is 10.9. The molecule has 0 spiro atoms. The first-order valence-corrected chi connectivity index (χ1v) is 6.76. The first-order valence-electron chi connectivity index (χ1n) is 6.01. The molecule has 0 aliphatic carbocycles. The summed E-state index contributed by atoms with van der Waals surface area (Å²) in [5, 5.41) is 1.62. The molecule has 20 heavy (non-hydrogen) atoms. The molecule has 2 aromatic heterocycles. The van der Waals surface area contributed by atoms with Crippen molar-refractivity contribution in [2.45, 2.75) is 6.92 Å². The topological polar surface area (TPSA) is 34.9 Å². The largest absolute Gasteiger partial charge is 0.283 e. The number of fused-ring (bicyclic) bond motifs is 1. The number of halogens is 2. The summed E-state index contributed by atoms with van der Waals surface area (Å²) >= 11 is 12.2. The van der Waals surface area contributed by atoms with Gasteiger partial charge >= 0.3 is 0 Å². The molecular weight excluding hydrogens is 295 g/mol. The van der Waals surface area contributed by atoms with Gasteiger partial charge in [0.25, 0.3) is 5.91 Å². The minimum absolute atomic E-state index is 0.249. The predicted molar refractivity (Wildman–Crippen MR) is 80.7 cm³/mol. The number of nitrogens with zero attached hydrogens (tertiary/aromatic N) is 2. The van der Waals surface area contributed by atoms with E-state index in [9.17, 15) is 4.79 Å². The maximum Gasteiger partial charge on any atom is 0.265 e. The van der Waals surface area contributed by atoms with Crippen molar-refractivity contribution in [1.82, 2.24) is 9.55 Å². The zero-order valence-corrected chi connectivity index (χ0v) is 12.1. The van der Waals surface area contributed by atoms with Crippen LogP contribution in [0.15, 0.2) is 42.7 Å². The lowest BCUT2D eigenvalue weighted by atomic mass is 10.2. The summed E-state index contributed by atoms with van der Waals surface area (Å²) in [6.45, 7) is 1.90. The SMILES string of the molecule is Cc1nccc2c1ccn2C(=O)c1c(Cl)cccc1Cl. The Morgan fingerprint density at radius 3 is 2.55 bits per heavy atom. The molecule has 0 aliphatic heterocycles. The van der Waals surface area contributed by atoms with Gasteiger partial charge in [0.2, 0.25) is 0 Å². The average Bonchev–Trinajstić information content (AvgIpc) is 2.83. The van der Waals surface area contributed by atoms with E-state index in [1.165, 1.54) is 4.57 Å². The van der Waals surface area contributed by atoms with Gasteiger partial charge in [0.15, 0.2) is 0 Å². The first-order chi connectivity index (χ1) is 9.59. The molecule has 0 atom stereocenters. The molecule has 0 saturated heterocycles. The van der Waals surface area contributed by atoms with E-state index >= 15 is 0 Å². The minimum Gasteiger partial charge on any atom is -0.283 e. The summed E-state index contributed by atoms with van der Waals surface area (Å²) in [5.41, 5.74) is 1.97. The molecule has 0 amide bonds. The first kappa shape index (κ1) is 13.2. The van der Waals surface area contributed by atoms with Gasteiger partial charge in [0.1, 0.15) is 0 Å². The molecule has 5 heteroatoms.